The van der Waals surface area contributed by atoms with Crippen LogP contribution in [0.2, 0.25) is 0 Å². The van der Waals surface area contributed by atoms with Crippen molar-refractivity contribution in [3.05, 3.63) is 29.8 Å². The largest absolute Gasteiger partial charge is 0.298 e. The van der Waals surface area contributed by atoms with Crippen LogP contribution in [-0.2, 0) is 4.79 Å². The van der Waals surface area contributed by atoms with Gasteiger partial charge >= 0.3 is 0 Å². The number of amides is 1. The molecule has 1 aliphatic rings. The molecule has 0 bridgehead atoms. The van der Waals surface area contributed by atoms with Crippen molar-refractivity contribution in [3.63, 3.8) is 0 Å². The highest BCUT2D eigenvalue weighted by atomic mass is 16.2. The fourth-order valence-electron chi connectivity index (χ4n) is 1.29. The molecule has 1 heterocycles. The molecule has 0 aliphatic carbocycles. The van der Waals surface area contributed by atoms with Gasteiger partial charge in [0.2, 0.25) is 0 Å². The molecule has 0 atom stereocenters. The molecule has 0 spiro atoms. The molecule has 4 nitrogen and oxygen atoms in total. The number of carbonyl (C=O) groups excluding carboxylic acids is 2. The lowest BCUT2D eigenvalue weighted by Crippen LogP contribution is -2.19. The van der Waals surface area contributed by atoms with Gasteiger partial charge in [0, 0.05) is 11.8 Å². The third-order valence-electron chi connectivity index (χ3n) is 1.95. The van der Waals surface area contributed by atoms with E-state index in [1.54, 1.807) is 30.5 Å². The highest BCUT2D eigenvalue weighted by Crippen LogP contribution is 2.18. The van der Waals surface area contributed by atoms with Crippen LogP contribution in [-0.4, -0.2) is 18.4 Å². The van der Waals surface area contributed by atoms with Crippen molar-refractivity contribution >= 4 is 24.1 Å². The van der Waals surface area contributed by atoms with Gasteiger partial charge in [-0.3, -0.25) is 9.59 Å². The summed E-state index contributed by atoms with van der Waals surface area (Å²) in [6.07, 6.45) is 2.62. The first-order chi connectivity index (χ1) is 6.81. The molecular formula is C10H8N2O2. The van der Waals surface area contributed by atoms with Gasteiger partial charge in [0.25, 0.3) is 5.91 Å². The standard InChI is InChI=1S/C10H8N2O2/c13-7-8-2-1-3-9(6-8)12-10(14)4-5-11-12/h1-3,5-7H,4H2. The lowest BCUT2D eigenvalue weighted by molar-refractivity contribution is -0.116. The third kappa shape index (κ3) is 1.42. The lowest BCUT2D eigenvalue weighted by atomic mass is 10.2. The second-order valence-electron chi connectivity index (χ2n) is 2.92. The summed E-state index contributed by atoms with van der Waals surface area (Å²) >= 11 is 0. The fourth-order valence-corrected chi connectivity index (χ4v) is 1.29. The molecule has 1 amide bonds. The van der Waals surface area contributed by atoms with E-state index in [4.69, 9.17) is 0 Å². The van der Waals surface area contributed by atoms with Gasteiger partial charge in [-0.05, 0) is 12.1 Å². The molecule has 14 heavy (non-hydrogen) atoms. The third-order valence-corrected chi connectivity index (χ3v) is 1.95. The van der Waals surface area contributed by atoms with Crippen molar-refractivity contribution in [2.24, 2.45) is 5.10 Å². The maximum atomic E-state index is 11.3. The van der Waals surface area contributed by atoms with E-state index in [1.807, 2.05) is 0 Å². The lowest BCUT2D eigenvalue weighted by Gasteiger charge is -2.11. The zero-order valence-electron chi connectivity index (χ0n) is 7.38. The Hall–Kier alpha value is -1.97. The minimum Gasteiger partial charge on any atom is -0.298 e. The molecule has 0 radical (unpaired) electrons. The Morgan fingerprint density at radius 2 is 2.29 bits per heavy atom. The highest BCUT2D eigenvalue weighted by molar-refractivity contribution is 6.05. The summed E-state index contributed by atoms with van der Waals surface area (Å²) in [5.74, 6) is -0.0759. The Kier molecular flexibility index (Phi) is 2.10. The Morgan fingerprint density at radius 3 is 2.93 bits per heavy atom. The van der Waals surface area contributed by atoms with Crippen LogP contribution in [0.4, 0.5) is 5.69 Å². The first-order valence-corrected chi connectivity index (χ1v) is 4.22. The van der Waals surface area contributed by atoms with Crippen LogP contribution in [0.15, 0.2) is 29.4 Å². The molecular weight excluding hydrogens is 180 g/mol. The summed E-state index contributed by atoms with van der Waals surface area (Å²) < 4.78 is 0. The Morgan fingerprint density at radius 1 is 1.43 bits per heavy atom. The Balaban J connectivity index is 2.36. The molecule has 0 saturated heterocycles. The minimum absolute atomic E-state index is 0.0759. The van der Waals surface area contributed by atoms with E-state index in [1.165, 1.54) is 5.01 Å². The molecule has 0 N–H and O–H groups in total. The fraction of sp³-hybridized carbons (Fsp3) is 0.100. The smallest absolute Gasteiger partial charge is 0.252 e. The number of hydrogen-bond acceptors (Lipinski definition) is 3. The highest BCUT2D eigenvalue weighted by Gasteiger charge is 2.18. The Bertz CT molecular complexity index is 412. The van der Waals surface area contributed by atoms with Crippen LogP contribution in [0.25, 0.3) is 0 Å². The predicted molar refractivity (Wildman–Crippen MR) is 52.4 cm³/mol. The summed E-state index contributed by atoms with van der Waals surface area (Å²) in [4.78, 5) is 21.8. The molecule has 4 heteroatoms. The maximum absolute atomic E-state index is 11.3. The zero-order valence-corrected chi connectivity index (χ0v) is 7.38. The van der Waals surface area contributed by atoms with E-state index in [0.29, 0.717) is 17.7 Å². The van der Waals surface area contributed by atoms with E-state index in [9.17, 15) is 9.59 Å². The summed E-state index contributed by atoms with van der Waals surface area (Å²) in [6.45, 7) is 0. The van der Waals surface area contributed by atoms with E-state index >= 15 is 0 Å². The molecule has 1 aromatic carbocycles. The van der Waals surface area contributed by atoms with Crippen LogP contribution in [0.1, 0.15) is 16.8 Å². The molecule has 0 aromatic heterocycles. The molecule has 70 valence electrons. The molecule has 1 aliphatic heterocycles. The van der Waals surface area contributed by atoms with Crippen LogP contribution in [0, 0.1) is 0 Å². The number of aldehydes is 1. The van der Waals surface area contributed by atoms with Gasteiger partial charge in [-0.2, -0.15) is 5.10 Å². The van der Waals surface area contributed by atoms with Crippen molar-refractivity contribution in [1.29, 1.82) is 0 Å². The molecule has 0 fully saturated rings. The quantitative estimate of drug-likeness (QED) is 0.655. The zero-order chi connectivity index (χ0) is 9.97. The average Bonchev–Trinajstić information content (AvgIpc) is 2.65. The normalized spacial score (nSPS) is 14.9. The maximum Gasteiger partial charge on any atom is 0.252 e. The van der Waals surface area contributed by atoms with Crippen LogP contribution < -0.4 is 5.01 Å². The number of anilines is 1. The Labute approximate surface area is 80.8 Å². The van der Waals surface area contributed by atoms with Crippen molar-refractivity contribution < 1.29 is 9.59 Å². The number of nitrogens with zero attached hydrogens (tertiary/aromatic N) is 2. The average molecular weight is 188 g/mol. The minimum atomic E-state index is -0.0759. The summed E-state index contributed by atoms with van der Waals surface area (Å²) in [7, 11) is 0. The first kappa shape index (κ1) is 8.62. The van der Waals surface area contributed by atoms with Crippen molar-refractivity contribution in [3.8, 4) is 0 Å². The number of carbonyl (C=O) groups is 2. The SMILES string of the molecule is O=Cc1cccc(N2N=CCC2=O)c1. The number of rotatable bonds is 2. The van der Waals surface area contributed by atoms with E-state index in [-0.39, 0.29) is 5.91 Å². The van der Waals surface area contributed by atoms with Gasteiger partial charge in [0.1, 0.15) is 6.29 Å². The second kappa shape index (κ2) is 3.41. The van der Waals surface area contributed by atoms with Crippen LogP contribution in [0.5, 0.6) is 0 Å². The van der Waals surface area contributed by atoms with Crippen molar-refractivity contribution in [2.75, 3.05) is 5.01 Å². The first-order valence-electron chi connectivity index (χ1n) is 4.22. The molecule has 2 rings (SSSR count). The number of benzene rings is 1. The molecule has 1 aromatic rings. The van der Waals surface area contributed by atoms with Crippen LogP contribution in [0.3, 0.4) is 0 Å². The van der Waals surface area contributed by atoms with Gasteiger partial charge < -0.3 is 0 Å². The van der Waals surface area contributed by atoms with E-state index in [2.05, 4.69) is 5.10 Å². The summed E-state index contributed by atoms with van der Waals surface area (Å²) in [6, 6.07) is 6.78. The van der Waals surface area contributed by atoms with E-state index < -0.39 is 0 Å². The molecule has 0 unspecified atom stereocenters. The monoisotopic (exact) mass is 188 g/mol. The van der Waals surface area contributed by atoms with Crippen LogP contribution >= 0.6 is 0 Å². The van der Waals surface area contributed by atoms with Gasteiger partial charge in [0.05, 0.1) is 12.1 Å². The predicted octanol–water partition coefficient (Wildman–Crippen LogP) is 1.22. The van der Waals surface area contributed by atoms with Crippen molar-refractivity contribution in [1.82, 2.24) is 0 Å². The number of hydrogen-bond donors (Lipinski definition) is 0. The van der Waals surface area contributed by atoms with Gasteiger partial charge in [-0.1, -0.05) is 12.1 Å². The summed E-state index contributed by atoms with van der Waals surface area (Å²) in [5, 5.41) is 5.20. The van der Waals surface area contributed by atoms with Gasteiger partial charge in [-0.15, -0.1) is 0 Å². The molecule has 0 saturated carbocycles. The van der Waals surface area contributed by atoms with Crippen molar-refractivity contribution in [2.45, 2.75) is 6.42 Å². The summed E-state index contributed by atoms with van der Waals surface area (Å²) in [5.41, 5.74) is 1.17. The topological polar surface area (TPSA) is 49.7 Å². The number of hydrazone groups is 1. The van der Waals surface area contributed by atoms with E-state index in [0.717, 1.165) is 6.29 Å². The second-order valence-corrected chi connectivity index (χ2v) is 2.92. The van der Waals surface area contributed by atoms with Gasteiger partial charge in [-0.25, -0.2) is 5.01 Å². The van der Waals surface area contributed by atoms with Gasteiger partial charge in [0.15, 0.2) is 0 Å².